The number of hydrogen-bond donors (Lipinski definition) is 2. The molecule has 0 aliphatic heterocycles. The summed E-state index contributed by atoms with van der Waals surface area (Å²) in [6.07, 6.45) is 0. The van der Waals surface area contributed by atoms with Gasteiger partial charge >= 0.3 is 0 Å². The number of benzene rings is 3. The van der Waals surface area contributed by atoms with Crippen LogP contribution in [0.5, 0.6) is 5.75 Å². The Bertz CT molecular complexity index is 1270. The number of thiocarbonyl (C=S) groups is 1. The molecular formula is C22H15Cl2N3O2S2. The molecule has 4 rings (SSSR count). The van der Waals surface area contributed by atoms with Crippen LogP contribution in [0.15, 0.2) is 60.7 Å². The molecule has 0 bridgehead atoms. The number of ether oxygens (including phenoxy) is 1. The molecule has 5 nitrogen and oxygen atoms in total. The Morgan fingerprint density at radius 3 is 2.68 bits per heavy atom. The molecule has 0 unspecified atom stereocenters. The van der Waals surface area contributed by atoms with E-state index in [-0.39, 0.29) is 15.7 Å². The highest BCUT2D eigenvalue weighted by atomic mass is 35.5. The van der Waals surface area contributed by atoms with Crippen molar-refractivity contribution in [1.82, 2.24) is 10.3 Å². The van der Waals surface area contributed by atoms with Gasteiger partial charge in [0, 0.05) is 10.6 Å². The maximum atomic E-state index is 12.5. The second-order valence-corrected chi connectivity index (χ2v) is 8.72. The number of hydrogen-bond acceptors (Lipinski definition) is 5. The SMILES string of the molecule is COc1ccc(-c2nc3ccccc3s2)cc1NC(=S)NC(=O)c1cc(Cl)ccc1Cl. The van der Waals surface area contributed by atoms with Crippen molar-refractivity contribution in [3.63, 3.8) is 0 Å². The molecule has 0 aliphatic rings. The minimum absolute atomic E-state index is 0.0980. The molecule has 1 heterocycles. The van der Waals surface area contributed by atoms with E-state index in [1.165, 1.54) is 6.07 Å². The summed E-state index contributed by atoms with van der Waals surface area (Å²) < 4.78 is 6.53. The van der Waals surface area contributed by atoms with Crippen molar-refractivity contribution in [2.45, 2.75) is 0 Å². The van der Waals surface area contributed by atoms with Gasteiger partial charge in [0.05, 0.1) is 33.6 Å². The lowest BCUT2D eigenvalue weighted by Gasteiger charge is -2.14. The van der Waals surface area contributed by atoms with Crippen LogP contribution in [-0.4, -0.2) is 23.1 Å². The zero-order valence-electron chi connectivity index (χ0n) is 16.1. The summed E-state index contributed by atoms with van der Waals surface area (Å²) in [6, 6.07) is 18.2. The lowest BCUT2D eigenvalue weighted by Crippen LogP contribution is -2.34. The Hall–Kier alpha value is -2.71. The normalized spacial score (nSPS) is 10.7. The van der Waals surface area contributed by atoms with E-state index in [1.54, 1.807) is 30.6 Å². The Balaban J connectivity index is 1.57. The van der Waals surface area contributed by atoms with Gasteiger partial charge in [-0.3, -0.25) is 10.1 Å². The second kappa shape index (κ2) is 9.20. The maximum absolute atomic E-state index is 12.5. The second-order valence-electron chi connectivity index (χ2n) is 6.43. The van der Waals surface area contributed by atoms with Crippen LogP contribution in [0.1, 0.15) is 10.4 Å². The van der Waals surface area contributed by atoms with Gasteiger partial charge in [-0.25, -0.2) is 4.98 Å². The molecule has 2 N–H and O–H groups in total. The van der Waals surface area contributed by atoms with Gasteiger partial charge in [-0.15, -0.1) is 11.3 Å². The highest BCUT2D eigenvalue weighted by Crippen LogP contribution is 2.34. The third kappa shape index (κ3) is 4.80. The van der Waals surface area contributed by atoms with Crippen molar-refractivity contribution in [2.24, 2.45) is 0 Å². The van der Waals surface area contributed by atoms with Gasteiger partial charge in [0.15, 0.2) is 5.11 Å². The molecule has 3 aromatic carbocycles. The minimum atomic E-state index is -0.466. The molecule has 156 valence electrons. The van der Waals surface area contributed by atoms with Gasteiger partial charge in [-0.05, 0) is 60.7 Å². The average molecular weight is 488 g/mol. The Morgan fingerprint density at radius 2 is 1.90 bits per heavy atom. The van der Waals surface area contributed by atoms with Crippen molar-refractivity contribution in [3.8, 4) is 16.3 Å². The summed E-state index contributed by atoms with van der Waals surface area (Å²) in [5.74, 6) is 0.105. The van der Waals surface area contributed by atoms with Crippen molar-refractivity contribution in [1.29, 1.82) is 0 Å². The monoisotopic (exact) mass is 487 g/mol. The number of methoxy groups -OCH3 is 1. The van der Waals surface area contributed by atoms with Crippen LogP contribution in [0.3, 0.4) is 0 Å². The molecule has 31 heavy (non-hydrogen) atoms. The summed E-state index contributed by atoms with van der Waals surface area (Å²) >= 11 is 19.0. The summed E-state index contributed by atoms with van der Waals surface area (Å²) in [4.78, 5) is 17.2. The number of carbonyl (C=O) groups is 1. The first-order chi connectivity index (χ1) is 14.9. The van der Waals surface area contributed by atoms with E-state index in [0.717, 1.165) is 20.8 Å². The summed E-state index contributed by atoms with van der Waals surface area (Å²) in [5.41, 5.74) is 2.67. The zero-order chi connectivity index (χ0) is 22.0. The highest BCUT2D eigenvalue weighted by Gasteiger charge is 2.15. The van der Waals surface area contributed by atoms with Crippen LogP contribution in [0, 0.1) is 0 Å². The van der Waals surface area contributed by atoms with Crippen LogP contribution in [0.25, 0.3) is 20.8 Å². The van der Waals surface area contributed by atoms with Crippen LogP contribution in [-0.2, 0) is 0 Å². The molecule has 0 saturated heterocycles. The van der Waals surface area contributed by atoms with Gasteiger partial charge in [0.25, 0.3) is 5.91 Å². The van der Waals surface area contributed by atoms with Gasteiger partial charge in [0.2, 0.25) is 0 Å². The first kappa shape index (κ1) is 21.5. The quantitative estimate of drug-likeness (QED) is 0.325. The Labute approximate surface area is 198 Å². The molecule has 4 aromatic rings. The van der Waals surface area contributed by atoms with Crippen LogP contribution in [0.4, 0.5) is 5.69 Å². The van der Waals surface area contributed by atoms with Crippen molar-refractivity contribution >= 4 is 73.7 Å². The molecular weight excluding hydrogens is 473 g/mol. The number of fused-ring (bicyclic) bond motifs is 1. The molecule has 0 radical (unpaired) electrons. The molecule has 1 amide bonds. The first-order valence-corrected chi connectivity index (χ1v) is 11.0. The molecule has 9 heteroatoms. The molecule has 0 spiro atoms. The maximum Gasteiger partial charge on any atom is 0.258 e. The standard InChI is InChI=1S/C22H15Cl2N3O2S2/c1-29-18-9-6-12(21-25-16-4-2-3-5-19(16)31-21)10-17(18)26-22(30)27-20(28)14-11-13(23)7-8-15(14)24/h2-11H,1H3,(H2,26,27,28,30). The predicted molar refractivity (Wildman–Crippen MR) is 132 cm³/mol. The lowest BCUT2D eigenvalue weighted by molar-refractivity contribution is 0.0978. The zero-order valence-corrected chi connectivity index (χ0v) is 19.3. The molecule has 1 aromatic heterocycles. The number of rotatable bonds is 4. The topological polar surface area (TPSA) is 63.2 Å². The number of nitrogens with zero attached hydrogens (tertiary/aromatic N) is 1. The fourth-order valence-corrected chi connectivity index (χ4v) is 4.47. The lowest BCUT2D eigenvalue weighted by atomic mass is 10.2. The number of aromatic nitrogens is 1. The van der Waals surface area contributed by atoms with Gasteiger partial charge in [-0.1, -0.05) is 35.3 Å². The summed E-state index contributed by atoms with van der Waals surface area (Å²) in [5, 5.41) is 7.28. The first-order valence-electron chi connectivity index (χ1n) is 9.06. The number of thiazole rings is 1. The van der Waals surface area contributed by atoms with Crippen LogP contribution >= 0.6 is 46.8 Å². The van der Waals surface area contributed by atoms with E-state index in [4.69, 9.17) is 40.2 Å². The predicted octanol–water partition coefficient (Wildman–Crippen LogP) is 6.41. The van der Waals surface area contributed by atoms with E-state index in [2.05, 4.69) is 15.6 Å². The van der Waals surface area contributed by atoms with Crippen LogP contribution in [0.2, 0.25) is 10.0 Å². The van der Waals surface area contributed by atoms with Crippen molar-refractivity contribution < 1.29 is 9.53 Å². The third-order valence-electron chi connectivity index (χ3n) is 4.39. The number of halogens is 2. The van der Waals surface area contributed by atoms with Crippen LogP contribution < -0.4 is 15.4 Å². The highest BCUT2D eigenvalue weighted by molar-refractivity contribution is 7.80. The number of carbonyl (C=O) groups excluding carboxylic acids is 1. The van der Waals surface area contributed by atoms with Crippen molar-refractivity contribution in [3.05, 3.63) is 76.3 Å². The average Bonchev–Trinajstić information content (AvgIpc) is 3.19. The molecule has 0 fully saturated rings. The van der Waals surface area contributed by atoms with E-state index >= 15 is 0 Å². The summed E-state index contributed by atoms with van der Waals surface area (Å²) in [6.45, 7) is 0. The number of anilines is 1. The number of amides is 1. The summed E-state index contributed by atoms with van der Waals surface area (Å²) in [7, 11) is 1.56. The van der Waals surface area contributed by atoms with Crippen molar-refractivity contribution in [2.75, 3.05) is 12.4 Å². The molecule has 0 atom stereocenters. The Morgan fingerprint density at radius 1 is 1.10 bits per heavy atom. The van der Waals surface area contributed by atoms with Gasteiger partial charge in [-0.2, -0.15) is 0 Å². The third-order valence-corrected chi connectivity index (χ3v) is 6.24. The number of nitrogens with one attached hydrogen (secondary N) is 2. The smallest absolute Gasteiger partial charge is 0.258 e. The molecule has 0 aliphatic carbocycles. The van der Waals surface area contributed by atoms with E-state index in [1.807, 2.05) is 42.5 Å². The van der Waals surface area contributed by atoms with Gasteiger partial charge < -0.3 is 10.1 Å². The number of para-hydroxylation sites is 1. The fraction of sp³-hybridized carbons (Fsp3) is 0.0455. The fourth-order valence-electron chi connectivity index (χ4n) is 2.93. The minimum Gasteiger partial charge on any atom is -0.495 e. The van der Waals surface area contributed by atoms with Gasteiger partial charge in [0.1, 0.15) is 10.8 Å². The van der Waals surface area contributed by atoms with E-state index < -0.39 is 5.91 Å². The molecule has 0 saturated carbocycles. The Kier molecular flexibility index (Phi) is 6.38. The van der Waals surface area contributed by atoms with E-state index in [0.29, 0.717) is 16.5 Å². The van der Waals surface area contributed by atoms with E-state index in [9.17, 15) is 4.79 Å². The largest absolute Gasteiger partial charge is 0.495 e.